The molecule has 1 aromatic rings. The van der Waals surface area contributed by atoms with E-state index in [1.807, 2.05) is 0 Å². The molecule has 0 unspecified atom stereocenters. The highest BCUT2D eigenvalue weighted by atomic mass is 16.6. The van der Waals surface area contributed by atoms with E-state index in [2.05, 4.69) is 16.2 Å². The number of terminal acetylenes is 1. The largest absolute Gasteiger partial charge is 0.394 e. The number of ether oxygens (including phenoxy) is 2. The van der Waals surface area contributed by atoms with Crippen molar-refractivity contribution < 1.29 is 19.7 Å². The first-order valence-electron chi connectivity index (χ1n) is 6.28. The standard InChI is InChI=1S/C13H17N3O5/c1-4-13(19)8(7-17)21-11(10(13)20-3)16-6-5-9(14-2)15-12(16)18/h1,5-6,8,10-11,17,19H,7H2,2-3H3,(H,14,15,18)/t8-,10+,11-,13-/m1/s1. The van der Waals surface area contributed by atoms with Crippen LogP contribution in [0.5, 0.6) is 0 Å². The Bertz CT molecular complexity index is 611. The Kier molecular flexibility index (Phi) is 4.29. The van der Waals surface area contributed by atoms with Crippen molar-refractivity contribution in [1.29, 1.82) is 0 Å². The molecule has 0 amide bonds. The van der Waals surface area contributed by atoms with Crippen molar-refractivity contribution in [2.45, 2.75) is 24.0 Å². The van der Waals surface area contributed by atoms with Crippen molar-refractivity contribution in [3.05, 3.63) is 22.7 Å². The lowest BCUT2D eigenvalue weighted by Crippen LogP contribution is -2.49. The van der Waals surface area contributed by atoms with Crippen LogP contribution in [0, 0.1) is 12.3 Å². The van der Waals surface area contributed by atoms with E-state index in [9.17, 15) is 15.0 Å². The Morgan fingerprint density at radius 3 is 2.90 bits per heavy atom. The lowest BCUT2D eigenvalue weighted by Gasteiger charge is -2.27. The molecule has 8 heteroatoms. The van der Waals surface area contributed by atoms with Crippen molar-refractivity contribution in [2.24, 2.45) is 0 Å². The maximum Gasteiger partial charge on any atom is 0.351 e. The van der Waals surface area contributed by atoms with Gasteiger partial charge in [-0.15, -0.1) is 6.42 Å². The summed E-state index contributed by atoms with van der Waals surface area (Å²) in [5, 5.41) is 22.5. The van der Waals surface area contributed by atoms with Crippen LogP contribution < -0.4 is 11.0 Å². The first-order chi connectivity index (χ1) is 10.0. The number of hydrogen-bond donors (Lipinski definition) is 3. The van der Waals surface area contributed by atoms with Gasteiger partial charge in [0.25, 0.3) is 0 Å². The van der Waals surface area contributed by atoms with Crippen LogP contribution >= 0.6 is 0 Å². The molecule has 8 nitrogen and oxygen atoms in total. The van der Waals surface area contributed by atoms with Gasteiger partial charge in [-0.1, -0.05) is 5.92 Å². The van der Waals surface area contributed by atoms with Gasteiger partial charge in [0.05, 0.1) is 6.61 Å². The fourth-order valence-corrected chi connectivity index (χ4v) is 2.35. The first kappa shape index (κ1) is 15.5. The second kappa shape index (κ2) is 5.83. The average Bonchev–Trinajstić information content (AvgIpc) is 2.79. The normalized spacial score (nSPS) is 31.9. The van der Waals surface area contributed by atoms with Gasteiger partial charge in [-0.2, -0.15) is 4.98 Å². The molecule has 2 heterocycles. The SMILES string of the molecule is C#C[C@@]1(O)[C@@H](CO)O[C@@H](n2ccc(NC)nc2=O)[C@@H]1OC. The minimum Gasteiger partial charge on any atom is -0.394 e. The van der Waals surface area contributed by atoms with E-state index in [-0.39, 0.29) is 0 Å². The van der Waals surface area contributed by atoms with Gasteiger partial charge in [-0.25, -0.2) is 4.79 Å². The van der Waals surface area contributed by atoms with Gasteiger partial charge in [0.15, 0.2) is 11.8 Å². The van der Waals surface area contributed by atoms with Crippen LogP contribution in [0.2, 0.25) is 0 Å². The minimum absolute atomic E-state index is 0.397. The first-order valence-corrected chi connectivity index (χ1v) is 6.28. The summed E-state index contributed by atoms with van der Waals surface area (Å²) < 4.78 is 11.9. The van der Waals surface area contributed by atoms with Gasteiger partial charge in [0.1, 0.15) is 18.0 Å². The monoisotopic (exact) mass is 295 g/mol. The molecular weight excluding hydrogens is 278 g/mol. The number of aliphatic hydroxyl groups is 2. The molecule has 0 radical (unpaired) electrons. The Morgan fingerprint density at radius 1 is 1.71 bits per heavy atom. The quantitative estimate of drug-likeness (QED) is 0.584. The van der Waals surface area contributed by atoms with E-state index in [4.69, 9.17) is 15.9 Å². The molecule has 2 rings (SSSR count). The smallest absolute Gasteiger partial charge is 0.351 e. The van der Waals surface area contributed by atoms with Crippen molar-refractivity contribution in [1.82, 2.24) is 9.55 Å². The molecular formula is C13H17N3O5. The van der Waals surface area contributed by atoms with Crippen LogP contribution in [0.4, 0.5) is 5.82 Å². The molecule has 1 fully saturated rings. The fourth-order valence-electron chi connectivity index (χ4n) is 2.35. The highest BCUT2D eigenvalue weighted by molar-refractivity contribution is 5.30. The van der Waals surface area contributed by atoms with E-state index in [1.165, 1.54) is 13.3 Å². The molecule has 0 bridgehead atoms. The Balaban J connectivity index is 2.45. The summed E-state index contributed by atoms with van der Waals surface area (Å²) in [6.45, 7) is -0.506. The van der Waals surface area contributed by atoms with Crippen LogP contribution in [0.1, 0.15) is 6.23 Å². The van der Waals surface area contributed by atoms with Crippen molar-refractivity contribution in [3.8, 4) is 12.3 Å². The van der Waals surface area contributed by atoms with Gasteiger partial charge in [-0.3, -0.25) is 4.57 Å². The number of aromatic nitrogens is 2. The molecule has 0 aromatic carbocycles. The Morgan fingerprint density at radius 2 is 2.43 bits per heavy atom. The highest BCUT2D eigenvalue weighted by Crippen LogP contribution is 2.37. The van der Waals surface area contributed by atoms with Crippen molar-refractivity contribution in [2.75, 3.05) is 26.1 Å². The molecule has 0 saturated carbocycles. The molecule has 1 aromatic heterocycles. The van der Waals surface area contributed by atoms with Crippen LogP contribution in [0.15, 0.2) is 17.1 Å². The van der Waals surface area contributed by atoms with E-state index >= 15 is 0 Å². The highest BCUT2D eigenvalue weighted by Gasteiger charge is 2.56. The van der Waals surface area contributed by atoms with Gasteiger partial charge in [0.2, 0.25) is 0 Å². The summed E-state index contributed by atoms with van der Waals surface area (Å²) >= 11 is 0. The number of nitrogens with zero attached hydrogens (tertiary/aromatic N) is 2. The predicted molar refractivity (Wildman–Crippen MR) is 73.6 cm³/mol. The van der Waals surface area contributed by atoms with Gasteiger partial charge >= 0.3 is 5.69 Å². The maximum atomic E-state index is 12.0. The number of nitrogens with one attached hydrogen (secondary N) is 1. The van der Waals surface area contributed by atoms with E-state index in [0.29, 0.717) is 5.82 Å². The number of hydrogen-bond acceptors (Lipinski definition) is 7. The maximum absolute atomic E-state index is 12.0. The minimum atomic E-state index is -1.84. The lowest BCUT2D eigenvalue weighted by molar-refractivity contribution is -0.0626. The zero-order valence-corrected chi connectivity index (χ0v) is 11.7. The van der Waals surface area contributed by atoms with Crippen molar-refractivity contribution >= 4 is 5.82 Å². The number of aliphatic hydroxyl groups excluding tert-OH is 1. The summed E-state index contributed by atoms with van der Waals surface area (Å²) in [4.78, 5) is 15.8. The van der Waals surface area contributed by atoms with Gasteiger partial charge in [-0.05, 0) is 6.07 Å². The van der Waals surface area contributed by atoms with E-state index in [0.717, 1.165) is 4.57 Å². The van der Waals surface area contributed by atoms with E-state index < -0.39 is 36.3 Å². The molecule has 3 N–H and O–H groups in total. The van der Waals surface area contributed by atoms with Crippen LogP contribution in [0.25, 0.3) is 0 Å². The summed E-state index contributed by atoms with van der Waals surface area (Å²) in [7, 11) is 2.97. The lowest BCUT2D eigenvalue weighted by atomic mass is 9.93. The van der Waals surface area contributed by atoms with Crippen molar-refractivity contribution in [3.63, 3.8) is 0 Å². The third-order valence-corrected chi connectivity index (χ3v) is 3.50. The average molecular weight is 295 g/mol. The number of methoxy groups -OCH3 is 1. The molecule has 0 spiro atoms. The van der Waals surface area contributed by atoms with Gasteiger partial charge in [0, 0.05) is 20.4 Å². The fraction of sp³-hybridized carbons (Fsp3) is 0.538. The van der Waals surface area contributed by atoms with Crippen LogP contribution in [0.3, 0.4) is 0 Å². The Labute approximate surface area is 121 Å². The summed E-state index contributed by atoms with van der Waals surface area (Å²) in [6.07, 6.45) is 3.73. The van der Waals surface area contributed by atoms with Gasteiger partial charge < -0.3 is 25.0 Å². The third kappa shape index (κ3) is 2.41. The zero-order valence-electron chi connectivity index (χ0n) is 11.7. The third-order valence-electron chi connectivity index (χ3n) is 3.50. The molecule has 114 valence electrons. The second-order valence-electron chi connectivity index (χ2n) is 4.58. The predicted octanol–water partition coefficient (Wildman–Crippen LogP) is -1.45. The summed E-state index contributed by atoms with van der Waals surface area (Å²) in [5.74, 6) is 2.58. The second-order valence-corrected chi connectivity index (χ2v) is 4.58. The topological polar surface area (TPSA) is 106 Å². The van der Waals surface area contributed by atoms with Crippen LogP contribution in [-0.2, 0) is 9.47 Å². The summed E-state index contributed by atoms with van der Waals surface area (Å²) in [5.41, 5.74) is -2.43. The number of anilines is 1. The molecule has 1 aliphatic heterocycles. The molecule has 0 aliphatic carbocycles. The molecule has 21 heavy (non-hydrogen) atoms. The van der Waals surface area contributed by atoms with E-state index in [1.54, 1.807) is 13.1 Å². The molecule has 1 saturated heterocycles. The molecule has 4 atom stereocenters. The zero-order chi connectivity index (χ0) is 15.6. The summed E-state index contributed by atoms with van der Waals surface area (Å²) in [6, 6.07) is 1.57. The number of rotatable bonds is 4. The van der Waals surface area contributed by atoms with Crippen LogP contribution in [-0.4, -0.2) is 58.3 Å². The molecule has 1 aliphatic rings. The Hall–Kier alpha value is -1.92.